The van der Waals surface area contributed by atoms with Crippen molar-refractivity contribution in [2.75, 3.05) is 0 Å². The van der Waals surface area contributed by atoms with Gasteiger partial charge in [0.25, 0.3) is 0 Å². The van der Waals surface area contributed by atoms with E-state index in [4.69, 9.17) is 0 Å². The summed E-state index contributed by atoms with van der Waals surface area (Å²) in [6.45, 7) is 28.6. The first-order valence-corrected chi connectivity index (χ1v) is 14.1. The van der Waals surface area contributed by atoms with Crippen LogP contribution in [0.5, 0.6) is 0 Å². The molecule has 0 N–H and O–H groups in total. The van der Waals surface area contributed by atoms with Crippen LogP contribution in [0.3, 0.4) is 0 Å². The van der Waals surface area contributed by atoms with Crippen LogP contribution in [0.25, 0.3) is 0 Å². The molecule has 0 bridgehead atoms. The Hall–Kier alpha value is 1.07. The summed E-state index contributed by atoms with van der Waals surface area (Å²) in [6, 6.07) is 3.70. The predicted molar refractivity (Wildman–Crippen MR) is 96.3 cm³/mol. The molecule has 132 valence electrons. The van der Waals surface area contributed by atoms with Crippen molar-refractivity contribution in [3.63, 3.8) is 0 Å². The third-order valence-corrected chi connectivity index (χ3v) is 20.6. The summed E-state index contributed by atoms with van der Waals surface area (Å²) in [7, 11) is 0. The second-order valence-electron chi connectivity index (χ2n) is 8.25. The molecule has 0 saturated carbocycles. The third-order valence-electron chi connectivity index (χ3n) is 4.38. The van der Waals surface area contributed by atoms with Gasteiger partial charge in [0, 0.05) is 0 Å². The Morgan fingerprint density at radius 3 is 0.591 bits per heavy atom. The van der Waals surface area contributed by atoms with E-state index in [2.05, 4.69) is 88.1 Å². The molecule has 0 atom stereocenters. The van der Waals surface area contributed by atoms with E-state index in [9.17, 15) is 0 Å². The molecule has 0 radical (unpaired) electrons. The molecule has 0 aliphatic carbocycles. The van der Waals surface area contributed by atoms with E-state index in [1.54, 1.807) is 0 Å². The van der Waals surface area contributed by atoms with Crippen molar-refractivity contribution in [2.45, 2.75) is 119 Å². The van der Waals surface area contributed by atoms with Crippen molar-refractivity contribution >= 4 is 0 Å². The van der Waals surface area contributed by atoms with E-state index in [1.807, 2.05) is 0 Å². The minimum atomic E-state index is -2.48. The van der Waals surface area contributed by atoms with E-state index in [1.165, 1.54) is 0 Å². The van der Waals surface area contributed by atoms with Gasteiger partial charge in [-0.2, -0.15) is 0 Å². The monoisotopic (exact) mass is 439 g/mol. The molecule has 0 unspecified atom stereocenters. The van der Waals surface area contributed by atoms with Crippen molar-refractivity contribution < 1.29 is 31.1 Å². The van der Waals surface area contributed by atoms with Crippen molar-refractivity contribution in [1.82, 2.24) is 4.99 Å². The van der Waals surface area contributed by atoms with Crippen LogP contribution in [-0.4, -0.2) is 41.2 Å². The molecular formula is C18H42LaN3. The number of rotatable bonds is 9. The molecule has 3 nitrogen and oxygen atoms in total. The van der Waals surface area contributed by atoms with E-state index < -0.39 is 31.1 Å². The minimum absolute atomic E-state index is 0.617. The van der Waals surface area contributed by atoms with Crippen LogP contribution >= 0.6 is 0 Å². The van der Waals surface area contributed by atoms with Crippen LogP contribution in [0, 0.1) is 31.1 Å². The number of nitrogens with zero attached hydrogens (tertiary/aromatic N) is 3. The fourth-order valence-electron chi connectivity index (χ4n) is 3.85. The molecule has 0 aromatic rings. The number of hydrogen-bond donors (Lipinski definition) is 0. The summed E-state index contributed by atoms with van der Waals surface area (Å²) in [5, 5.41) is 0. The summed E-state index contributed by atoms with van der Waals surface area (Å²) in [4.78, 5) is 0. The van der Waals surface area contributed by atoms with Crippen molar-refractivity contribution in [3.05, 3.63) is 0 Å². The topological polar surface area (TPSA) is 9.72 Å². The van der Waals surface area contributed by atoms with Gasteiger partial charge in [-0.15, -0.1) is 0 Å². The summed E-state index contributed by atoms with van der Waals surface area (Å²) in [6.07, 6.45) is 0. The molecule has 22 heavy (non-hydrogen) atoms. The predicted octanol–water partition coefficient (Wildman–Crippen LogP) is 4.71. The molecular weight excluding hydrogens is 397 g/mol. The maximum atomic E-state index is 2.89. The SMILES string of the molecule is CC(C)[N](C(C)C)[La]([N](C(C)C)C(C)C)[N](C(C)C)C(C)C. The van der Waals surface area contributed by atoms with Gasteiger partial charge in [-0.3, -0.25) is 0 Å². The van der Waals surface area contributed by atoms with Crippen molar-refractivity contribution in [1.29, 1.82) is 0 Å². The van der Waals surface area contributed by atoms with Gasteiger partial charge in [-0.05, 0) is 0 Å². The van der Waals surface area contributed by atoms with Gasteiger partial charge in [-0.1, -0.05) is 0 Å². The average molecular weight is 439 g/mol. The molecule has 0 fully saturated rings. The van der Waals surface area contributed by atoms with Gasteiger partial charge in [0.2, 0.25) is 0 Å². The second kappa shape index (κ2) is 10.2. The molecule has 0 rings (SSSR count). The van der Waals surface area contributed by atoms with E-state index in [-0.39, 0.29) is 0 Å². The van der Waals surface area contributed by atoms with E-state index in [0.717, 1.165) is 0 Å². The summed E-state index contributed by atoms with van der Waals surface area (Å²) in [5.41, 5.74) is 0. The zero-order chi connectivity index (χ0) is 17.8. The average Bonchev–Trinajstić information content (AvgIpc) is 2.24. The van der Waals surface area contributed by atoms with Crippen LogP contribution in [0.1, 0.15) is 83.1 Å². The first kappa shape index (κ1) is 23.1. The molecule has 0 amide bonds. The summed E-state index contributed by atoms with van der Waals surface area (Å²) < 4.78 is 8.67. The molecule has 0 aromatic carbocycles. The number of hydrogen-bond acceptors (Lipinski definition) is 3. The summed E-state index contributed by atoms with van der Waals surface area (Å²) in [5.74, 6) is 0. The van der Waals surface area contributed by atoms with Crippen LogP contribution in [0.2, 0.25) is 0 Å². The van der Waals surface area contributed by atoms with Gasteiger partial charge in [-0.25, -0.2) is 0 Å². The molecule has 0 spiro atoms. The first-order chi connectivity index (χ1) is 9.93. The van der Waals surface area contributed by atoms with Gasteiger partial charge < -0.3 is 0 Å². The quantitative estimate of drug-likeness (QED) is 0.515. The maximum absolute atomic E-state index is 2.89. The normalized spacial score (nSPS) is 13.5. The van der Waals surface area contributed by atoms with Crippen molar-refractivity contribution in [2.24, 2.45) is 0 Å². The Labute approximate surface area is 154 Å². The Kier molecular flexibility index (Phi) is 10.6. The van der Waals surface area contributed by atoms with Crippen LogP contribution in [-0.2, 0) is 0 Å². The molecule has 0 saturated heterocycles. The van der Waals surface area contributed by atoms with Crippen LogP contribution in [0.15, 0.2) is 0 Å². The standard InChI is InChI=1S/3C6H14N.La/c3*1-5(2)7-6(3)4;/h3*5-6H,1-4H3;/q3*-1;+3. The van der Waals surface area contributed by atoms with Crippen molar-refractivity contribution in [3.8, 4) is 0 Å². The van der Waals surface area contributed by atoms with Gasteiger partial charge >= 0.3 is 155 Å². The molecule has 4 heteroatoms. The molecule has 0 aliphatic heterocycles. The fraction of sp³-hybridized carbons (Fsp3) is 1.00. The Morgan fingerprint density at radius 2 is 0.500 bits per heavy atom. The molecule has 0 aliphatic rings. The molecule has 0 heterocycles. The van der Waals surface area contributed by atoms with Crippen LogP contribution in [0.4, 0.5) is 0 Å². The fourth-order valence-corrected chi connectivity index (χ4v) is 16.8. The van der Waals surface area contributed by atoms with E-state index in [0.29, 0.717) is 36.3 Å². The van der Waals surface area contributed by atoms with Gasteiger partial charge in [0.1, 0.15) is 0 Å². The zero-order valence-electron chi connectivity index (χ0n) is 17.4. The van der Waals surface area contributed by atoms with E-state index >= 15 is 0 Å². The summed E-state index contributed by atoms with van der Waals surface area (Å²) >= 11 is -2.48. The van der Waals surface area contributed by atoms with Gasteiger partial charge in [0.05, 0.1) is 0 Å². The van der Waals surface area contributed by atoms with Crippen LogP contribution < -0.4 is 0 Å². The van der Waals surface area contributed by atoms with Gasteiger partial charge in [0.15, 0.2) is 0 Å². The Balaban J connectivity index is 6.03. The first-order valence-electron chi connectivity index (χ1n) is 9.25. The Bertz CT molecular complexity index is 229. The third kappa shape index (κ3) is 6.18. The zero-order valence-corrected chi connectivity index (χ0v) is 21.0. The Morgan fingerprint density at radius 1 is 0.364 bits per heavy atom. The molecule has 0 aromatic heterocycles. The second-order valence-corrected chi connectivity index (χ2v) is 16.0.